The minimum Gasteiger partial charge on any atom is -0.489 e. The molecule has 0 aliphatic heterocycles. The first-order valence-corrected chi connectivity index (χ1v) is 11.1. The summed E-state index contributed by atoms with van der Waals surface area (Å²) < 4.78 is 5.82. The normalized spacial score (nSPS) is 10.6. The average molecular weight is 460 g/mol. The summed E-state index contributed by atoms with van der Waals surface area (Å²) in [5.41, 5.74) is 4.38. The summed E-state index contributed by atoms with van der Waals surface area (Å²) in [5, 5.41) is 2.94. The second kappa shape index (κ2) is 10.7. The van der Waals surface area contributed by atoms with Crippen LogP contribution < -0.4 is 15.0 Å². The third kappa shape index (κ3) is 6.07. The molecule has 3 aromatic rings. The predicted molar refractivity (Wildman–Crippen MR) is 132 cm³/mol. The van der Waals surface area contributed by atoms with Gasteiger partial charge in [-0.15, -0.1) is 0 Å². The van der Waals surface area contributed by atoms with E-state index >= 15 is 0 Å². The standard InChI is InChI=1S/C27H29N3O4/c1-17(2)25-11-10-23(13-18(25)3)29-27(33)22-7-6-8-24(14-22)34-16-21-9-12-26(28-15-21)30(19(4)31)20(5)32/h6-15,17H,16H2,1-5H3,(H,29,33). The molecule has 0 aliphatic rings. The van der Waals surface area contributed by atoms with Crippen molar-refractivity contribution in [2.24, 2.45) is 0 Å². The van der Waals surface area contributed by atoms with Gasteiger partial charge in [0, 0.05) is 36.9 Å². The largest absolute Gasteiger partial charge is 0.489 e. The number of carbonyl (C=O) groups excluding carboxylic acids is 3. The minimum absolute atomic E-state index is 0.217. The molecule has 34 heavy (non-hydrogen) atoms. The van der Waals surface area contributed by atoms with Gasteiger partial charge in [-0.2, -0.15) is 0 Å². The molecule has 0 fully saturated rings. The monoisotopic (exact) mass is 459 g/mol. The number of nitrogens with one attached hydrogen (secondary N) is 1. The molecule has 0 bridgehead atoms. The first-order valence-electron chi connectivity index (χ1n) is 11.1. The maximum Gasteiger partial charge on any atom is 0.255 e. The van der Waals surface area contributed by atoms with E-state index in [0.717, 1.165) is 21.7 Å². The summed E-state index contributed by atoms with van der Waals surface area (Å²) in [6, 6.07) is 16.2. The molecular formula is C27H29N3O4. The third-order valence-corrected chi connectivity index (χ3v) is 5.32. The van der Waals surface area contributed by atoms with Gasteiger partial charge in [0.2, 0.25) is 11.8 Å². The molecule has 2 aromatic carbocycles. The number of imide groups is 1. The molecule has 7 nitrogen and oxygen atoms in total. The van der Waals surface area contributed by atoms with Gasteiger partial charge in [-0.25, -0.2) is 9.88 Å². The number of anilines is 2. The van der Waals surface area contributed by atoms with Crippen molar-refractivity contribution in [3.8, 4) is 5.75 Å². The molecule has 7 heteroatoms. The van der Waals surface area contributed by atoms with Crippen LogP contribution >= 0.6 is 0 Å². The summed E-state index contributed by atoms with van der Waals surface area (Å²) in [6.45, 7) is 9.16. The van der Waals surface area contributed by atoms with Crippen LogP contribution in [0.15, 0.2) is 60.8 Å². The molecule has 3 rings (SSSR count). The molecule has 1 aromatic heterocycles. The third-order valence-electron chi connectivity index (χ3n) is 5.32. The molecular weight excluding hydrogens is 430 g/mol. The number of amides is 3. The van der Waals surface area contributed by atoms with Crippen LogP contribution in [0.5, 0.6) is 5.75 Å². The molecule has 0 atom stereocenters. The highest BCUT2D eigenvalue weighted by Crippen LogP contribution is 2.23. The van der Waals surface area contributed by atoms with Gasteiger partial charge in [0.15, 0.2) is 0 Å². The highest BCUT2D eigenvalue weighted by atomic mass is 16.5. The number of aromatic nitrogens is 1. The Labute approximate surface area is 199 Å². The van der Waals surface area contributed by atoms with E-state index in [-0.39, 0.29) is 18.3 Å². The summed E-state index contributed by atoms with van der Waals surface area (Å²) in [4.78, 5) is 41.2. The van der Waals surface area contributed by atoms with Crippen LogP contribution in [0, 0.1) is 6.92 Å². The minimum atomic E-state index is -0.398. The van der Waals surface area contributed by atoms with Crippen molar-refractivity contribution in [3.05, 3.63) is 83.0 Å². The van der Waals surface area contributed by atoms with E-state index < -0.39 is 11.8 Å². The van der Waals surface area contributed by atoms with E-state index in [1.807, 2.05) is 25.1 Å². The van der Waals surface area contributed by atoms with Gasteiger partial charge in [0.1, 0.15) is 18.2 Å². The molecule has 176 valence electrons. The molecule has 0 aliphatic carbocycles. The summed E-state index contributed by atoms with van der Waals surface area (Å²) in [7, 11) is 0. The van der Waals surface area contributed by atoms with E-state index in [1.54, 1.807) is 42.6 Å². The number of carbonyl (C=O) groups is 3. The number of nitrogens with zero attached hydrogens (tertiary/aromatic N) is 2. The highest BCUT2D eigenvalue weighted by molar-refractivity contribution is 6.12. The van der Waals surface area contributed by atoms with Gasteiger partial charge in [0.05, 0.1) is 0 Å². The molecule has 0 radical (unpaired) electrons. The summed E-state index contributed by atoms with van der Waals surface area (Å²) in [5.74, 6) is 0.209. The Morgan fingerprint density at radius 1 is 1.00 bits per heavy atom. The molecule has 0 saturated carbocycles. The number of aryl methyl sites for hydroxylation is 1. The number of ether oxygens (including phenoxy) is 1. The highest BCUT2D eigenvalue weighted by Gasteiger charge is 2.17. The molecule has 0 unspecified atom stereocenters. The van der Waals surface area contributed by atoms with Crippen molar-refractivity contribution in [1.82, 2.24) is 4.98 Å². The van der Waals surface area contributed by atoms with Gasteiger partial charge >= 0.3 is 0 Å². The second-order valence-corrected chi connectivity index (χ2v) is 8.39. The molecule has 3 amide bonds. The SMILES string of the molecule is CC(=O)N(C(C)=O)c1ccc(COc2cccc(C(=O)Nc3ccc(C(C)C)c(C)c3)c2)cn1. The lowest BCUT2D eigenvalue weighted by Crippen LogP contribution is -2.33. The van der Waals surface area contributed by atoms with Crippen molar-refractivity contribution in [1.29, 1.82) is 0 Å². The zero-order chi connectivity index (χ0) is 24.8. The van der Waals surface area contributed by atoms with Crippen LogP contribution in [0.25, 0.3) is 0 Å². The van der Waals surface area contributed by atoms with Crippen LogP contribution in [0.3, 0.4) is 0 Å². The number of hydrogen-bond acceptors (Lipinski definition) is 5. The zero-order valence-electron chi connectivity index (χ0n) is 20.1. The van der Waals surface area contributed by atoms with Crippen molar-refractivity contribution in [2.75, 3.05) is 10.2 Å². The Hall–Kier alpha value is -4.00. The van der Waals surface area contributed by atoms with E-state index in [2.05, 4.69) is 24.1 Å². The van der Waals surface area contributed by atoms with Gasteiger partial charge in [-0.05, 0) is 60.4 Å². The summed E-state index contributed by atoms with van der Waals surface area (Å²) >= 11 is 0. The number of pyridine rings is 1. The Morgan fingerprint density at radius 2 is 1.74 bits per heavy atom. The Bertz CT molecular complexity index is 1190. The zero-order valence-corrected chi connectivity index (χ0v) is 20.1. The lowest BCUT2D eigenvalue weighted by molar-refractivity contribution is -0.124. The van der Waals surface area contributed by atoms with Gasteiger partial charge in [0.25, 0.3) is 5.91 Å². The number of rotatable bonds is 7. The number of benzene rings is 2. The van der Waals surface area contributed by atoms with Crippen LogP contribution in [0.4, 0.5) is 11.5 Å². The Balaban J connectivity index is 1.64. The van der Waals surface area contributed by atoms with E-state index in [4.69, 9.17) is 4.74 Å². The fraction of sp³-hybridized carbons (Fsp3) is 0.259. The Kier molecular flexibility index (Phi) is 7.79. The van der Waals surface area contributed by atoms with Gasteiger partial charge < -0.3 is 10.1 Å². The van der Waals surface area contributed by atoms with Gasteiger partial charge in [-0.1, -0.05) is 32.0 Å². The van der Waals surface area contributed by atoms with Crippen molar-refractivity contribution in [3.63, 3.8) is 0 Å². The van der Waals surface area contributed by atoms with E-state index in [0.29, 0.717) is 17.2 Å². The molecule has 1 N–H and O–H groups in total. The fourth-order valence-corrected chi connectivity index (χ4v) is 3.68. The predicted octanol–water partition coefficient (Wildman–Crippen LogP) is 5.24. The first kappa shape index (κ1) is 24.6. The van der Waals surface area contributed by atoms with Crippen LogP contribution in [0.2, 0.25) is 0 Å². The van der Waals surface area contributed by atoms with Crippen LogP contribution in [0.1, 0.15) is 60.7 Å². The number of hydrogen-bond donors (Lipinski definition) is 1. The van der Waals surface area contributed by atoms with Crippen molar-refractivity contribution < 1.29 is 19.1 Å². The maximum absolute atomic E-state index is 12.7. The lowest BCUT2D eigenvalue weighted by atomic mass is 9.97. The average Bonchev–Trinajstić information content (AvgIpc) is 2.78. The topological polar surface area (TPSA) is 88.6 Å². The van der Waals surface area contributed by atoms with Crippen molar-refractivity contribution in [2.45, 2.75) is 47.1 Å². The van der Waals surface area contributed by atoms with Crippen molar-refractivity contribution >= 4 is 29.2 Å². The molecule has 0 saturated heterocycles. The first-order chi connectivity index (χ1) is 16.2. The summed E-state index contributed by atoms with van der Waals surface area (Å²) in [6.07, 6.45) is 1.55. The van der Waals surface area contributed by atoms with Gasteiger partial charge in [-0.3, -0.25) is 14.4 Å². The molecule has 0 spiro atoms. The fourth-order valence-electron chi connectivity index (χ4n) is 3.68. The Morgan fingerprint density at radius 3 is 2.32 bits per heavy atom. The van der Waals surface area contributed by atoms with Crippen LogP contribution in [-0.4, -0.2) is 22.7 Å². The molecule has 1 heterocycles. The lowest BCUT2D eigenvalue weighted by Gasteiger charge is -2.16. The quantitative estimate of drug-likeness (QED) is 0.522. The second-order valence-electron chi connectivity index (χ2n) is 8.39. The maximum atomic E-state index is 12.7. The van der Waals surface area contributed by atoms with E-state index in [9.17, 15) is 14.4 Å². The smallest absolute Gasteiger partial charge is 0.255 e. The van der Waals surface area contributed by atoms with E-state index in [1.165, 1.54) is 19.4 Å². The van der Waals surface area contributed by atoms with Crippen LogP contribution in [-0.2, 0) is 16.2 Å².